The van der Waals surface area contributed by atoms with Crippen LogP contribution in [0.5, 0.6) is 0 Å². The number of nitrogens with one attached hydrogen (secondary N) is 1. The van der Waals surface area contributed by atoms with E-state index in [9.17, 15) is 4.79 Å². The van der Waals surface area contributed by atoms with Crippen LogP contribution in [0, 0.1) is 6.92 Å². The molecule has 0 aromatic carbocycles. The van der Waals surface area contributed by atoms with Crippen LogP contribution in [0.1, 0.15) is 62.9 Å². The number of carbonyl (C=O) groups is 1. The molecule has 1 saturated heterocycles. The van der Waals surface area contributed by atoms with Crippen molar-refractivity contribution < 1.29 is 9.53 Å². The number of hydrogen-bond acceptors (Lipinski definition) is 4. The zero-order valence-electron chi connectivity index (χ0n) is 15.6. The molecule has 2 heterocycles. The third kappa shape index (κ3) is 4.04. The first-order valence-electron chi connectivity index (χ1n) is 9.73. The molecule has 3 rings (SSSR count). The highest BCUT2D eigenvalue weighted by molar-refractivity contribution is 5.86. The van der Waals surface area contributed by atoms with Gasteiger partial charge < -0.3 is 10.1 Å². The number of rotatable bonds is 5. The van der Waals surface area contributed by atoms with Crippen molar-refractivity contribution in [2.45, 2.75) is 64.0 Å². The van der Waals surface area contributed by atoms with Gasteiger partial charge in [0.15, 0.2) is 0 Å². The molecule has 1 aromatic heterocycles. The molecule has 1 saturated carbocycles. The monoisotopic (exact) mass is 345 g/mol. The van der Waals surface area contributed by atoms with E-state index in [1.165, 1.54) is 6.42 Å². The van der Waals surface area contributed by atoms with E-state index in [4.69, 9.17) is 4.74 Å². The van der Waals surface area contributed by atoms with Crippen LogP contribution in [0.4, 0.5) is 0 Å². The number of aryl methyl sites for hydroxylation is 1. The van der Waals surface area contributed by atoms with E-state index < -0.39 is 0 Å². The molecule has 1 N–H and O–H groups in total. The normalized spacial score (nSPS) is 22.3. The average Bonchev–Trinajstić information content (AvgIpc) is 2.67. The van der Waals surface area contributed by atoms with Crippen molar-refractivity contribution >= 4 is 5.91 Å². The van der Waals surface area contributed by atoms with E-state index >= 15 is 0 Å². The van der Waals surface area contributed by atoms with Crippen molar-refractivity contribution in [3.05, 3.63) is 29.6 Å². The smallest absolute Gasteiger partial charge is 0.241 e. The van der Waals surface area contributed by atoms with Gasteiger partial charge in [-0.1, -0.05) is 32.3 Å². The van der Waals surface area contributed by atoms with Gasteiger partial charge in [-0.3, -0.25) is 14.7 Å². The second-order valence-corrected chi connectivity index (χ2v) is 7.33. The fourth-order valence-electron chi connectivity index (χ4n) is 4.25. The van der Waals surface area contributed by atoms with Gasteiger partial charge in [-0.2, -0.15) is 0 Å². The molecule has 1 aromatic rings. The standard InChI is InChI=1S/C20H31N3O2/c1-3-17(18-9-7-8-16(2)21-18)22-19(24)20(10-5-4-6-11-20)23-12-14-25-15-13-23/h7-9,17H,3-6,10-15H2,1-2H3,(H,22,24)/t17-/m1/s1. The SMILES string of the molecule is CC[C@@H](NC(=O)C1(N2CCOCC2)CCCCC1)c1cccc(C)n1. The average molecular weight is 345 g/mol. The molecule has 138 valence electrons. The summed E-state index contributed by atoms with van der Waals surface area (Å²) in [5.74, 6) is 0.184. The summed E-state index contributed by atoms with van der Waals surface area (Å²) in [4.78, 5) is 20.4. The minimum atomic E-state index is -0.362. The van der Waals surface area contributed by atoms with Crippen molar-refractivity contribution in [2.75, 3.05) is 26.3 Å². The van der Waals surface area contributed by atoms with Gasteiger partial charge in [-0.25, -0.2) is 0 Å². The number of amides is 1. The summed E-state index contributed by atoms with van der Waals surface area (Å²) >= 11 is 0. The lowest BCUT2D eigenvalue weighted by atomic mass is 9.79. The van der Waals surface area contributed by atoms with Crippen LogP contribution < -0.4 is 5.32 Å². The van der Waals surface area contributed by atoms with Crippen LogP contribution in [-0.2, 0) is 9.53 Å². The molecule has 1 atom stereocenters. The predicted octanol–water partition coefficient (Wildman–Crippen LogP) is 2.99. The molecule has 1 aliphatic carbocycles. The van der Waals surface area contributed by atoms with Gasteiger partial charge >= 0.3 is 0 Å². The van der Waals surface area contributed by atoms with E-state index in [0.29, 0.717) is 0 Å². The molecule has 0 spiro atoms. The largest absolute Gasteiger partial charge is 0.379 e. The van der Waals surface area contributed by atoms with Crippen LogP contribution in [0.3, 0.4) is 0 Å². The number of hydrogen-bond donors (Lipinski definition) is 1. The molecule has 1 aliphatic heterocycles. The first kappa shape index (κ1) is 18.3. The molecule has 0 unspecified atom stereocenters. The Balaban J connectivity index is 1.79. The van der Waals surface area contributed by atoms with Gasteiger partial charge in [0.1, 0.15) is 5.54 Å². The molecule has 0 bridgehead atoms. The van der Waals surface area contributed by atoms with Crippen molar-refractivity contribution in [2.24, 2.45) is 0 Å². The zero-order valence-corrected chi connectivity index (χ0v) is 15.6. The van der Waals surface area contributed by atoms with Crippen molar-refractivity contribution in [3.8, 4) is 0 Å². The van der Waals surface area contributed by atoms with Crippen LogP contribution in [-0.4, -0.2) is 47.6 Å². The van der Waals surface area contributed by atoms with Crippen LogP contribution >= 0.6 is 0 Å². The Morgan fingerprint density at radius 2 is 2.00 bits per heavy atom. The Labute approximate surface area is 151 Å². The number of nitrogens with zero attached hydrogens (tertiary/aromatic N) is 2. The summed E-state index contributed by atoms with van der Waals surface area (Å²) in [6, 6.07) is 6.01. The molecule has 5 heteroatoms. The minimum absolute atomic E-state index is 0.0211. The summed E-state index contributed by atoms with van der Waals surface area (Å²) in [5.41, 5.74) is 1.59. The second-order valence-electron chi connectivity index (χ2n) is 7.33. The maximum atomic E-state index is 13.4. The third-order valence-corrected chi connectivity index (χ3v) is 5.70. The van der Waals surface area contributed by atoms with Gasteiger partial charge in [0.05, 0.1) is 24.9 Å². The first-order valence-corrected chi connectivity index (χ1v) is 9.73. The highest BCUT2D eigenvalue weighted by Crippen LogP contribution is 2.35. The van der Waals surface area contributed by atoms with Crippen LogP contribution in [0.15, 0.2) is 18.2 Å². The Morgan fingerprint density at radius 3 is 2.64 bits per heavy atom. The van der Waals surface area contributed by atoms with Crippen LogP contribution in [0.2, 0.25) is 0 Å². The molecule has 0 radical (unpaired) electrons. The number of ether oxygens (including phenoxy) is 1. The van der Waals surface area contributed by atoms with E-state index in [-0.39, 0.29) is 17.5 Å². The summed E-state index contributed by atoms with van der Waals surface area (Å²) in [6.07, 6.45) is 6.25. The molecule has 1 amide bonds. The highest BCUT2D eigenvalue weighted by Gasteiger charge is 2.45. The van der Waals surface area contributed by atoms with Gasteiger partial charge in [-0.15, -0.1) is 0 Å². The highest BCUT2D eigenvalue weighted by atomic mass is 16.5. The summed E-state index contributed by atoms with van der Waals surface area (Å²) in [5, 5.41) is 3.33. The zero-order chi connectivity index (χ0) is 17.7. The number of morpholine rings is 1. The molecule has 2 fully saturated rings. The number of carbonyl (C=O) groups excluding carboxylic acids is 1. The molecular formula is C20H31N3O2. The number of pyridine rings is 1. The maximum absolute atomic E-state index is 13.4. The second kappa shape index (κ2) is 8.28. The summed E-state index contributed by atoms with van der Waals surface area (Å²) in [7, 11) is 0. The van der Waals surface area contributed by atoms with E-state index in [2.05, 4.69) is 22.1 Å². The van der Waals surface area contributed by atoms with Crippen molar-refractivity contribution in [1.29, 1.82) is 0 Å². The van der Waals surface area contributed by atoms with Gasteiger partial charge in [0.25, 0.3) is 0 Å². The van der Waals surface area contributed by atoms with Gasteiger partial charge in [-0.05, 0) is 38.3 Å². The maximum Gasteiger partial charge on any atom is 0.241 e. The third-order valence-electron chi connectivity index (χ3n) is 5.70. The fourth-order valence-corrected chi connectivity index (χ4v) is 4.25. The van der Waals surface area contributed by atoms with Gasteiger partial charge in [0.2, 0.25) is 5.91 Å². The van der Waals surface area contributed by atoms with Gasteiger partial charge in [0, 0.05) is 18.8 Å². The Morgan fingerprint density at radius 1 is 1.28 bits per heavy atom. The summed E-state index contributed by atoms with van der Waals surface area (Å²) < 4.78 is 5.52. The quantitative estimate of drug-likeness (QED) is 0.891. The lowest BCUT2D eigenvalue weighted by Gasteiger charge is -2.47. The van der Waals surface area contributed by atoms with E-state index in [0.717, 1.165) is 69.8 Å². The molecule has 25 heavy (non-hydrogen) atoms. The van der Waals surface area contributed by atoms with Crippen molar-refractivity contribution in [1.82, 2.24) is 15.2 Å². The Kier molecular flexibility index (Phi) is 6.07. The minimum Gasteiger partial charge on any atom is -0.379 e. The lowest BCUT2D eigenvalue weighted by molar-refractivity contribution is -0.141. The topological polar surface area (TPSA) is 54.5 Å². The van der Waals surface area contributed by atoms with Crippen LogP contribution in [0.25, 0.3) is 0 Å². The van der Waals surface area contributed by atoms with Crippen molar-refractivity contribution in [3.63, 3.8) is 0 Å². The molecular weight excluding hydrogens is 314 g/mol. The van der Waals surface area contributed by atoms with E-state index in [1.807, 2.05) is 25.1 Å². The Hall–Kier alpha value is -1.46. The predicted molar refractivity (Wildman–Crippen MR) is 98.4 cm³/mol. The Bertz CT molecular complexity index is 578. The van der Waals surface area contributed by atoms with E-state index in [1.54, 1.807) is 0 Å². The molecule has 2 aliphatic rings. The molecule has 5 nitrogen and oxygen atoms in total. The lowest BCUT2D eigenvalue weighted by Crippen LogP contribution is -2.62. The fraction of sp³-hybridized carbons (Fsp3) is 0.700. The number of aromatic nitrogens is 1. The first-order chi connectivity index (χ1) is 12.2. The summed E-state index contributed by atoms with van der Waals surface area (Å²) in [6.45, 7) is 7.27.